The van der Waals surface area contributed by atoms with Crippen LogP contribution in [0.15, 0.2) is 6.07 Å². The third-order valence-electron chi connectivity index (χ3n) is 3.75. The Balaban J connectivity index is 2.76. The summed E-state index contributed by atoms with van der Waals surface area (Å²) in [7, 11) is 0. The molecule has 5 nitrogen and oxygen atoms in total. The van der Waals surface area contributed by atoms with Crippen LogP contribution in [-0.4, -0.2) is 28.2 Å². The van der Waals surface area contributed by atoms with Crippen molar-refractivity contribution in [1.82, 2.24) is 9.97 Å². The molecule has 0 aliphatic rings. The number of hydrogen-bond donors (Lipinski definition) is 3. The summed E-state index contributed by atoms with van der Waals surface area (Å²) in [6.07, 6.45) is 3.67. The molecule has 0 bridgehead atoms. The Hall–Kier alpha value is -1.36. The maximum Gasteiger partial charge on any atom is 0.133 e. The number of rotatable bonds is 8. The topological polar surface area (TPSA) is 84.1 Å². The summed E-state index contributed by atoms with van der Waals surface area (Å²) in [6, 6.07) is 1.74. The fraction of sp³-hybridized carbons (Fsp3) is 0.714. The van der Waals surface area contributed by atoms with Crippen LogP contribution in [0.5, 0.6) is 0 Å². The van der Waals surface area contributed by atoms with Crippen LogP contribution in [0.1, 0.15) is 45.9 Å². The molecule has 0 aliphatic carbocycles. The number of nitrogens with one attached hydrogen (secondary N) is 1. The largest absolute Gasteiger partial charge is 0.396 e. The lowest BCUT2D eigenvalue weighted by Gasteiger charge is -2.29. The molecule has 108 valence electrons. The smallest absolute Gasteiger partial charge is 0.133 e. The Kier molecular flexibility index (Phi) is 6.02. The average Bonchev–Trinajstić information content (AvgIpc) is 2.41. The Labute approximate surface area is 115 Å². The van der Waals surface area contributed by atoms with E-state index in [0.29, 0.717) is 12.4 Å². The molecule has 1 heterocycles. The minimum absolute atomic E-state index is 0.0926. The number of hydrogen-bond acceptors (Lipinski definition) is 5. The van der Waals surface area contributed by atoms with Gasteiger partial charge in [-0.25, -0.2) is 9.97 Å². The quantitative estimate of drug-likeness (QED) is 0.672. The summed E-state index contributed by atoms with van der Waals surface area (Å²) >= 11 is 0. The number of aliphatic hydroxyl groups excluding tert-OH is 1. The van der Waals surface area contributed by atoms with Crippen molar-refractivity contribution in [3.05, 3.63) is 11.9 Å². The summed E-state index contributed by atoms with van der Waals surface area (Å²) in [5.41, 5.74) is 5.69. The lowest BCUT2D eigenvalue weighted by atomic mass is 9.83. The predicted molar refractivity (Wildman–Crippen MR) is 79.0 cm³/mol. The Morgan fingerprint density at radius 2 is 1.95 bits per heavy atom. The fourth-order valence-electron chi connectivity index (χ4n) is 2.00. The van der Waals surface area contributed by atoms with Crippen molar-refractivity contribution in [2.75, 3.05) is 24.2 Å². The lowest BCUT2D eigenvalue weighted by molar-refractivity contribution is 0.127. The predicted octanol–water partition coefficient (Wildman–Crippen LogP) is 2.22. The van der Waals surface area contributed by atoms with Crippen LogP contribution in [0.25, 0.3) is 0 Å². The SMILES string of the molecule is CCCc1nc(N)cc(NCC(CC)(CC)CO)n1. The number of nitrogen functional groups attached to an aromatic ring is 1. The van der Waals surface area contributed by atoms with Crippen LogP contribution in [0.3, 0.4) is 0 Å². The third-order valence-corrected chi connectivity index (χ3v) is 3.75. The van der Waals surface area contributed by atoms with Crippen LogP contribution in [0.2, 0.25) is 0 Å². The maximum absolute atomic E-state index is 9.55. The molecular weight excluding hydrogens is 240 g/mol. The van der Waals surface area contributed by atoms with E-state index >= 15 is 0 Å². The van der Waals surface area contributed by atoms with E-state index in [1.54, 1.807) is 6.07 Å². The number of aryl methyl sites for hydroxylation is 1. The molecule has 0 radical (unpaired) electrons. The van der Waals surface area contributed by atoms with Crippen LogP contribution in [0, 0.1) is 5.41 Å². The van der Waals surface area contributed by atoms with Gasteiger partial charge in [-0.2, -0.15) is 0 Å². The second-order valence-electron chi connectivity index (χ2n) is 5.06. The van der Waals surface area contributed by atoms with E-state index in [4.69, 9.17) is 5.73 Å². The van der Waals surface area contributed by atoms with Gasteiger partial charge in [-0.05, 0) is 19.3 Å². The van der Waals surface area contributed by atoms with E-state index in [2.05, 4.69) is 36.1 Å². The highest BCUT2D eigenvalue weighted by Gasteiger charge is 2.25. The minimum atomic E-state index is -0.0926. The van der Waals surface area contributed by atoms with Gasteiger partial charge in [-0.1, -0.05) is 20.8 Å². The first kappa shape index (κ1) is 15.7. The molecule has 0 spiro atoms. The second kappa shape index (κ2) is 7.28. The first-order chi connectivity index (χ1) is 9.09. The first-order valence-corrected chi connectivity index (χ1v) is 7.07. The van der Waals surface area contributed by atoms with Crippen molar-refractivity contribution in [2.24, 2.45) is 5.41 Å². The van der Waals surface area contributed by atoms with Crippen molar-refractivity contribution >= 4 is 11.6 Å². The minimum Gasteiger partial charge on any atom is -0.396 e. The summed E-state index contributed by atoms with van der Waals surface area (Å²) in [6.45, 7) is 7.15. The number of anilines is 2. The zero-order valence-electron chi connectivity index (χ0n) is 12.2. The van der Waals surface area contributed by atoms with Crippen molar-refractivity contribution in [3.8, 4) is 0 Å². The van der Waals surface area contributed by atoms with Crippen molar-refractivity contribution < 1.29 is 5.11 Å². The lowest BCUT2D eigenvalue weighted by Crippen LogP contribution is -2.32. The normalized spacial score (nSPS) is 11.6. The monoisotopic (exact) mass is 266 g/mol. The molecule has 1 rings (SSSR count). The highest BCUT2D eigenvalue weighted by atomic mass is 16.3. The summed E-state index contributed by atoms with van der Waals surface area (Å²) in [5.74, 6) is 2.01. The van der Waals surface area contributed by atoms with Crippen LogP contribution in [0.4, 0.5) is 11.6 Å². The van der Waals surface area contributed by atoms with Gasteiger partial charge in [0.25, 0.3) is 0 Å². The standard InChI is InChI=1S/C14H26N4O/c1-4-7-12-17-11(15)8-13(18-12)16-9-14(5-2,6-3)10-19/h8,19H,4-7,9-10H2,1-3H3,(H3,15,16,17,18). The molecule has 0 saturated heterocycles. The maximum atomic E-state index is 9.55. The van der Waals surface area contributed by atoms with E-state index < -0.39 is 0 Å². The fourth-order valence-corrected chi connectivity index (χ4v) is 2.00. The van der Waals surface area contributed by atoms with Gasteiger partial charge in [-0.3, -0.25) is 0 Å². The summed E-state index contributed by atoms with van der Waals surface area (Å²) < 4.78 is 0. The van der Waals surface area contributed by atoms with Crippen molar-refractivity contribution in [2.45, 2.75) is 46.5 Å². The molecule has 19 heavy (non-hydrogen) atoms. The third kappa shape index (κ3) is 4.35. The zero-order valence-corrected chi connectivity index (χ0v) is 12.2. The van der Waals surface area contributed by atoms with Gasteiger partial charge in [-0.15, -0.1) is 0 Å². The van der Waals surface area contributed by atoms with Gasteiger partial charge in [0.2, 0.25) is 0 Å². The van der Waals surface area contributed by atoms with Gasteiger partial charge < -0.3 is 16.2 Å². The van der Waals surface area contributed by atoms with Crippen LogP contribution in [-0.2, 0) is 6.42 Å². The molecule has 5 heteroatoms. The Morgan fingerprint density at radius 3 is 2.47 bits per heavy atom. The highest BCUT2D eigenvalue weighted by Crippen LogP contribution is 2.26. The van der Waals surface area contributed by atoms with E-state index in [-0.39, 0.29) is 12.0 Å². The molecule has 1 aromatic heterocycles. The van der Waals surface area contributed by atoms with Gasteiger partial charge in [0.1, 0.15) is 17.5 Å². The zero-order chi connectivity index (χ0) is 14.3. The molecule has 4 N–H and O–H groups in total. The number of aliphatic hydroxyl groups is 1. The number of aromatic nitrogens is 2. The number of nitrogens with two attached hydrogens (primary N) is 1. The molecule has 0 atom stereocenters. The van der Waals surface area contributed by atoms with Gasteiger partial charge in [0, 0.05) is 24.4 Å². The molecule has 1 aromatic rings. The Bertz CT molecular complexity index is 383. The second-order valence-corrected chi connectivity index (χ2v) is 5.06. The first-order valence-electron chi connectivity index (χ1n) is 7.07. The summed E-state index contributed by atoms with van der Waals surface area (Å²) in [5, 5.41) is 12.8. The Morgan fingerprint density at radius 1 is 1.26 bits per heavy atom. The molecule has 0 aromatic carbocycles. The van der Waals surface area contributed by atoms with E-state index in [1.165, 1.54) is 0 Å². The van der Waals surface area contributed by atoms with E-state index in [9.17, 15) is 5.11 Å². The van der Waals surface area contributed by atoms with Crippen LogP contribution < -0.4 is 11.1 Å². The average molecular weight is 266 g/mol. The van der Waals surface area contributed by atoms with Gasteiger partial charge in [0.05, 0.1) is 6.61 Å². The molecule has 0 unspecified atom stereocenters. The molecular formula is C14H26N4O. The van der Waals surface area contributed by atoms with Gasteiger partial charge in [0.15, 0.2) is 0 Å². The highest BCUT2D eigenvalue weighted by molar-refractivity contribution is 5.44. The van der Waals surface area contributed by atoms with Crippen LogP contribution >= 0.6 is 0 Å². The molecule has 0 aliphatic heterocycles. The summed E-state index contributed by atoms with van der Waals surface area (Å²) in [4.78, 5) is 8.65. The van der Waals surface area contributed by atoms with E-state index in [1.807, 2.05) is 0 Å². The van der Waals surface area contributed by atoms with Crippen molar-refractivity contribution in [3.63, 3.8) is 0 Å². The molecule has 0 saturated carbocycles. The molecule has 0 amide bonds. The van der Waals surface area contributed by atoms with Gasteiger partial charge >= 0.3 is 0 Å². The number of nitrogens with zero attached hydrogens (tertiary/aromatic N) is 2. The van der Waals surface area contributed by atoms with E-state index in [0.717, 1.165) is 37.3 Å². The molecule has 0 fully saturated rings. The van der Waals surface area contributed by atoms with Crippen molar-refractivity contribution in [1.29, 1.82) is 0 Å².